The molecule has 0 bridgehead atoms. The van der Waals surface area contributed by atoms with Crippen LogP contribution in [0.15, 0.2) is 66.7 Å². The topological polar surface area (TPSA) is 75.6 Å². The van der Waals surface area contributed by atoms with Crippen molar-refractivity contribution in [2.45, 2.75) is 0 Å². The van der Waals surface area contributed by atoms with E-state index >= 15 is 0 Å². The molecule has 0 fully saturated rings. The Hall–Kier alpha value is -3.28. The van der Waals surface area contributed by atoms with Gasteiger partial charge >= 0.3 is 0 Å². The molecule has 0 aliphatic carbocycles. The summed E-state index contributed by atoms with van der Waals surface area (Å²) in [6.45, 7) is 0. The van der Waals surface area contributed by atoms with Crippen LogP contribution in [0.5, 0.6) is 11.5 Å². The lowest BCUT2D eigenvalue weighted by molar-refractivity contribution is 0.102. The number of ether oxygens (including phenoxy) is 1. The third-order valence-corrected chi connectivity index (χ3v) is 4.60. The van der Waals surface area contributed by atoms with Crippen molar-refractivity contribution in [3.8, 4) is 11.5 Å². The second kappa shape index (κ2) is 9.48. The molecule has 152 valence electrons. The Morgan fingerprint density at radius 3 is 2.40 bits per heavy atom. The van der Waals surface area contributed by atoms with Crippen molar-refractivity contribution in [3.63, 3.8) is 0 Å². The molecule has 30 heavy (non-hydrogen) atoms. The number of carbonyl (C=O) groups excluding carboxylic acids is 2. The molecule has 3 aromatic carbocycles. The van der Waals surface area contributed by atoms with E-state index in [-0.39, 0.29) is 11.5 Å². The minimum Gasteiger partial charge on any atom is -0.504 e. The maximum Gasteiger partial charge on any atom is 0.255 e. The van der Waals surface area contributed by atoms with Gasteiger partial charge in [0.2, 0.25) is 0 Å². The number of nitrogens with one attached hydrogen (secondary N) is 1. The number of benzene rings is 3. The summed E-state index contributed by atoms with van der Waals surface area (Å²) < 4.78 is 5.06. The minimum atomic E-state index is -0.393. The van der Waals surface area contributed by atoms with Gasteiger partial charge in [0.05, 0.1) is 7.11 Å². The number of anilines is 1. The molecule has 0 aliphatic rings. The molecule has 0 radical (unpaired) electrons. The molecular formula is C23H17Cl2NO4. The zero-order chi connectivity index (χ0) is 21.7. The standard InChI is InChI=1S/C23H17Cl2NO4/c1-30-22-9-14(6-8-21(22)28)5-7-20(27)15-3-2-4-19(12-15)26-23(29)16-10-17(24)13-18(25)11-16/h2-13,28H,1H3,(H,26,29)/b7-5+. The molecular weight excluding hydrogens is 425 g/mol. The first-order valence-electron chi connectivity index (χ1n) is 8.82. The van der Waals surface area contributed by atoms with Crippen LogP contribution in [0.1, 0.15) is 26.3 Å². The molecule has 3 rings (SSSR count). The number of phenolic OH excluding ortho intramolecular Hbond substituents is 1. The fourth-order valence-corrected chi connectivity index (χ4v) is 3.23. The first-order valence-corrected chi connectivity index (χ1v) is 9.58. The average Bonchev–Trinajstić information content (AvgIpc) is 2.72. The van der Waals surface area contributed by atoms with Gasteiger partial charge in [-0.05, 0) is 54.1 Å². The van der Waals surface area contributed by atoms with E-state index in [1.165, 1.54) is 37.5 Å². The van der Waals surface area contributed by atoms with Crippen molar-refractivity contribution >= 4 is 46.7 Å². The molecule has 2 N–H and O–H groups in total. The van der Waals surface area contributed by atoms with Crippen molar-refractivity contribution in [3.05, 3.63) is 93.5 Å². The fourth-order valence-electron chi connectivity index (χ4n) is 2.70. The van der Waals surface area contributed by atoms with Crippen LogP contribution in [-0.4, -0.2) is 23.9 Å². The SMILES string of the molecule is COc1cc(/C=C/C(=O)c2cccc(NC(=O)c3cc(Cl)cc(Cl)c3)c2)ccc1O. The summed E-state index contributed by atoms with van der Waals surface area (Å²) in [7, 11) is 1.45. The summed E-state index contributed by atoms with van der Waals surface area (Å²) in [6.07, 6.45) is 3.02. The lowest BCUT2D eigenvalue weighted by Gasteiger charge is -2.07. The van der Waals surface area contributed by atoms with Gasteiger partial charge in [-0.15, -0.1) is 0 Å². The molecule has 0 spiro atoms. The third-order valence-electron chi connectivity index (χ3n) is 4.16. The molecule has 0 saturated heterocycles. The number of phenols is 1. The number of aromatic hydroxyl groups is 1. The van der Waals surface area contributed by atoms with Gasteiger partial charge in [0.1, 0.15) is 0 Å². The van der Waals surface area contributed by atoms with Crippen molar-refractivity contribution in [2.24, 2.45) is 0 Å². The molecule has 5 nitrogen and oxygen atoms in total. The quantitative estimate of drug-likeness (QED) is 0.371. The summed E-state index contributed by atoms with van der Waals surface area (Å²) in [5.41, 5.74) is 1.87. The Morgan fingerprint density at radius 1 is 0.967 bits per heavy atom. The maximum absolute atomic E-state index is 12.5. The van der Waals surface area contributed by atoms with E-state index in [0.717, 1.165) is 0 Å². The van der Waals surface area contributed by atoms with Crippen molar-refractivity contribution in [1.82, 2.24) is 0 Å². The van der Waals surface area contributed by atoms with Crippen molar-refractivity contribution in [1.29, 1.82) is 0 Å². The van der Waals surface area contributed by atoms with Crippen LogP contribution >= 0.6 is 23.2 Å². The van der Waals surface area contributed by atoms with Gasteiger partial charge in [0, 0.05) is 26.9 Å². The Bertz CT molecular complexity index is 1120. The lowest BCUT2D eigenvalue weighted by atomic mass is 10.1. The Morgan fingerprint density at radius 2 is 1.70 bits per heavy atom. The number of ketones is 1. The van der Waals surface area contributed by atoms with E-state index in [2.05, 4.69) is 5.32 Å². The first kappa shape index (κ1) is 21.4. The number of allylic oxidation sites excluding steroid dienone is 1. The molecule has 1 amide bonds. The van der Waals surface area contributed by atoms with Crippen molar-refractivity contribution in [2.75, 3.05) is 12.4 Å². The summed E-state index contributed by atoms with van der Waals surface area (Å²) in [4.78, 5) is 25.0. The molecule has 3 aromatic rings. The van der Waals surface area contributed by atoms with Crippen LogP contribution in [0.3, 0.4) is 0 Å². The molecule has 0 heterocycles. The molecule has 7 heteroatoms. The van der Waals surface area contributed by atoms with E-state index in [9.17, 15) is 14.7 Å². The van der Waals surface area contributed by atoms with Gasteiger partial charge in [-0.3, -0.25) is 9.59 Å². The fraction of sp³-hybridized carbons (Fsp3) is 0.0435. The predicted molar refractivity (Wildman–Crippen MR) is 119 cm³/mol. The number of rotatable bonds is 6. The van der Waals surface area contributed by atoms with Crippen LogP contribution in [-0.2, 0) is 0 Å². The summed E-state index contributed by atoms with van der Waals surface area (Å²) in [5.74, 6) is -0.305. The Labute approximate surface area is 183 Å². The van der Waals surface area contributed by atoms with Gasteiger partial charge in [0.15, 0.2) is 17.3 Å². The number of hydrogen-bond acceptors (Lipinski definition) is 4. The lowest BCUT2D eigenvalue weighted by Crippen LogP contribution is -2.12. The van der Waals surface area contributed by atoms with E-state index in [1.807, 2.05) is 0 Å². The van der Waals surface area contributed by atoms with Crippen LogP contribution in [0.25, 0.3) is 6.08 Å². The highest BCUT2D eigenvalue weighted by atomic mass is 35.5. The highest BCUT2D eigenvalue weighted by Gasteiger charge is 2.10. The van der Waals surface area contributed by atoms with Gasteiger partial charge in [-0.1, -0.05) is 47.5 Å². The maximum atomic E-state index is 12.5. The number of hydrogen-bond donors (Lipinski definition) is 2. The molecule has 0 aliphatic heterocycles. The highest BCUT2D eigenvalue weighted by molar-refractivity contribution is 6.35. The number of methoxy groups -OCH3 is 1. The molecule has 0 atom stereocenters. The zero-order valence-electron chi connectivity index (χ0n) is 15.9. The van der Waals surface area contributed by atoms with E-state index in [0.29, 0.717) is 38.2 Å². The van der Waals surface area contributed by atoms with Crippen LogP contribution in [0.2, 0.25) is 10.0 Å². The molecule has 0 saturated carbocycles. The van der Waals surface area contributed by atoms with Crippen LogP contribution in [0, 0.1) is 0 Å². The Balaban J connectivity index is 1.74. The molecule has 0 aromatic heterocycles. The highest BCUT2D eigenvalue weighted by Crippen LogP contribution is 2.27. The van der Waals surface area contributed by atoms with Gasteiger partial charge < -0.3 is 15.2 Å². The third kappa shape index (κ3) is 5.41. The summed E-state index contributed by atoms with van der Waals surface area (Å²) >= 11 is 11.9. The monoisotopic (exact) mass is 441 g/mol. The second-order valence-corrected chi connectivity index (χ2v) is 7.19. The van der Waals surface area contributed by atoms with E-state index < -0.39 is 5.91 Å². The zero-order valence-corrected chi connectivity index (χ0v) is 17.4. The summed E-state index contributed by atoms with van der Waals surface area (Å²) in [5, 5.41) is 13.1. The van der Waals surface area contributed by atoms with Gasteiger partial charge in [-0.25, -0.2) is 0 Å². The Kier molecular flexibility index (Phi) is 6.77. The number of halogens is 2. The predicted octanol–water partition coefficient (Wildman–Crippen LogP) is 5.86. The molecule has 0 unspecified atom stereocenters. The normalized spacial score (nSPS) is 10.8. The van der Waals surface area contributed by atoms with E-state index in [1.54, 1.807) is 42.5 Å². The smallest absolute Gasteiger partial charge is 0.255 e. The van der Waals surface area contributed by atoms with Crippen LogP contribution < -0.4 is 10.1 Å². The van der Waals surface area contributed by atoms with Gasteiger partial charge in [0.25, 0.3) is 5.91 Å². The average molecular weight is 442 g/mol. The second-order valence-electron chi connectivity index (χ2n) is 6.32. The largest absolute Gasteiger partial charge is 0.504 e. The van der Waals surface area contributed by atoms with Crippen LogP contribution in [0.4, 0.5) is 5.69 Å². The number of amides is 1. The minimum absolute atomic E-state index is 0.0189. The van der Waals surface area contributed by atoms with E-state index in [4.69, 9.17) is 27.9 Å². The van der Waals surface area contributed by atoms with Gasteiger partial charge in [-0.2, -0.15) is 0 Å². The van der Waals surface area contributed by atoms with Crippen molar-refractivity contribution < 1.29 is 19.4 Å². The number of carbonyl (C=O) groups is 2. The summed E-state index contributed by atoms with van der Waals surface area (Å²) in [6, 6.07) is 15.9. The first-order chi connectivity index (χ1) is 14.4.